The summed E-state index contributed by atoms with van der Waals surface area (Å²) in [6.45, 7) is 2.16. The van der Waals surface area contributed by atoms with Crippen LogP contribution in [-0.2, 0) is 33.4 Å². The molecule has 0 aliphatic rings. The van der Waals surface area contributed by atoms with Gasteiger partial charge in [0.05, 0.1) is 44.0 Å². The molecule has 0 heterocycles. The van der Waals surface area contributed by atoms with Crippen molar-refractivity contribution >= 4 is 70.0 Å². The van der Waals surface area contributed by atoms with E-state index in [2.05, 4.69) is 40.6 Å². The van der Waals surface area contributed by atoms with Gasteiger partial charge in [0, 0.05) is 11.4 Å². The van der Waals surface area contributed by atoms with Gasteiger partial charge >= 0.3 is 17.9 Å². The molecule has 0 spiro atoms. The van der Waals surface area contributed by atoms with Gasteiger partial charge in [-0.1, -0.05) is 6.07 Å². The van der Waals surface area contributed by atoms with Gasteiger partial charge in [-0.2, -0.15) is 20.5 Å². The van der Waals surface area contributed by atoms with E-state index in [1.54, 1.807) is 0 Å². The number of carboxylic acids is 1. The Labute approximate surface area is 288 Å². The number of azo groups is 2. The molecule has 0 aromatic heterocycles. The standard InChI is InChI=1S/C33H30N6O12/c1-16(40)26(38-36-24-14-18(30(44)45)6-12-22(24)32(47)50-4)28(42)34-20-8-10-21(11-9-20)35-29(43)27(17(2)41)39-37-25-15-19(31(46)49-3)7-13-23(25)33(48)51-5/h6-15,26-27H,1-5H3,(H,34,42)(H,35,43)(H,44,45)/p-1. The number of amides is 2. The third-order valence-electron chi connectivity index (χ3n) is 6.71. The van der Waals surface area contributed by atoms with Gasteiger partial charge in [-0.3, -0.25) is 19.2 Å². The van der Waals surface area contributed by atoms with Crippen LogP contribution in [0.1, 0.15) is 55.3 Å². The largest absolute Gasteiger partial charge is 0.545 e. The third-order valence-corrected chi connectivity index (χ3v) is 6.71. The fourth-order valence-corrected chi connectivity index (χ4v) is 4.10. The van der Waals surface area contributed by atoms with Gasteiger partial charge in [-0.25, -0.2) is 14.4 Å². The second-order valence-corrected chi connectivity index (χ2v) is 10.2. The molecule has 0 bridgehead atoms. The van der Waals surface area contributed by atoms with Crippen LogP contribution in [-0.4, -0.2) is 80.7 Å². The van der Waals surface area contributed by atoms with Gasteiger partial charge in [0.2, 0.25) is 12.1 Å². The second-order valence-electron chi connectivity index (χ2n) is 10.2. The number of carbonyl (C=O) groups excluding carboxylic acids is 8. The van der Waals surface area contributed by atoms with Gasteiger partial charge in [-0.05, 0) is 74.0 Å². The Kier molecular flexibility index (Phi) is 13.1. The number of carbonyl (C=O) groups is 8. The summed E-state index contributed by atoms with van der Waals surface area (Å²) in [7, 11) is 3.36. The molecule has 0 radical (unpaired) electrons. The normalized spacial score (nSPS) is 12.0. The summed E-state index contributed by atoms with van der Waals surface area (Å²) >= 11 is 0. The first kappa shape index (κ1) is 38.5. The highest BCUT2D eigenvalue weighted by atomic mass is 16.5. The molecule has 2 unspecified atom stereocenters. The summed E-state index contributed by atoms with van der Waals surface area (Å²) in [6, 6.07) is 8.92. The van der Waals surface area contributed by atoms with E-state index in [4.69, 9.17) is 4.74 Å². The van der Waals surface area contributed by atoms with Gasteiger partial charge < -0.3 is 34.7 Å². The average molecular weight is 702 g/mol. The quantitative estimate of drug-likeness (QED) is 0.106. The second kappa shape index (κ2) is 17.4. The van der Waals surface area contributed by atoms with E-state index in [9.17, 15) is 43.5 Å². The molecule has 0 saturated carbocycles. The van der Waals surface area contributed by atoms with Crippen molar-refractivity contribution in [3.63, 3.8) is 0 Å². The average Bonchev–Trinajstić information content (AvgIpc) is 3.11. The molecule has 2 atom stereocenters. The predicted octanol–water partition coefficient (Wildman–Crippen LogP) is 2.77. The molecule has 3 aromatic carbocycles. The molecule has 0 aliphatic carbocycles. The van der Waals surface area contributed by atoms with Gasteiger partial charge in [0.15, 0.2) is 11.6 Å². The van der Waals surface area contributed by atoms with E-state index in [1.807, 2.05) is 0 Å². The zero-order valence-electron chi connectivity index (χ0n) is 27.6. The Morgan fingerprint density at radius 2 is 0.941 bits per heavy atom. The van der Waals surface area contributed by atoms with Crippen LogP contribution in [0.5, 0.6) is 0 Å². The Morgan fingerprint density at radius 3 is 1.29 bits per heavy atom. The highest BCUT2D eigenvalue weighted by Gasteiger charge is 2.26. The molecule has 51 heavy (non-hydrogen) atoms. The van der Waals surface area contributed by atoms with E-state index in [0.29, 0.717) is 0 Å². The first-order valence-electron chi connectivity index (χ1n) is 14.5. The molecule has 0 saturated heterocycles. The molecule has 264 valence electrons. The van der Waals surface area contributed by atoms with Crippen LogP contribution in [0, 0.1) is 0 Å². The van der Waals surface area contributed by atoms with Gasteiger partial charge in [-0.15, -0.1) is 0 Å². The minimum Gasteiger partial charge on any atom is -0.545 e. The zero-order valence-corrected chi connectivity index (χ0v) is 27.6. The maximum Gasteiger partial charge on any atom is 0.340 e. The van der Waals surface area contributed by atoms with Gasteiger partial charge in [0.1, 0.15) is 11.4 Å². The summed E-state index contributed by atoms with van der Waals surface area (Å²) in [5.41, 5.74) is -0.748. The van der Waals surface area contributed by atoms with Crippen molar-refractivity contribution in [3.8, 4) is 0 Å². The lowest BCUT2D eigenvalue weighted by atomic mass is 10.1. The predicted molar refractivity (Wildman–Crippen MR) is 173 cm³/mol. The highest BCUT2D eigenvalue weighted by molar-refractivity contribution is 6.11. The van der Waals surface area contributed by atoms with E-state index in [-0.39, 0.29) is 45.0 Å². The first-order chi connectivity index (χ1) is 24.2. The number of ketones is 2. The lowest BCUT2D eigenvalue weighted by Gasteiger charge is -2.12. The Hall–Kier alpha value is -6.98. The molecular weight excluding hydrogens is 672 g/mol. The number of ether oxygens (including phenoxy) is 3. The van der Waals surface area contributed by atoms with Crippen molar-refractivity contribution < 1.29 is 57.7 Å². The lowest BCUT2D eigenvalue weighted by molar-refractivity contribution is -0.255. The SMILES string of the molecule is COC(=O)c1ccc(C(=O)OC)c(N=NC(C(C)=O)C(=O)Nc2ccc(NC(=O)C(N=Nc3cc(C(=O)[O-])ccc3C(=O)OC)C(C)=O)cc2)c1. The summed E-state index contributed by atoms with van der Waals surface area (Å²) < 4.78 is 14.0. The van der Waals surface area contributed by atoms with Crippen LogP contribution in [0.4, 0.5) is 22.7 Å². The highest BCUT2D eigenvalue weighted by Crippen LogP contribution is 2.25. The van der Waals surface area contributed by atoms with Gasteiger partial charge in [0.25, 0.3) is 11.8 Å². The minimum absolute atomic E-state index is 0.0174. The first-order valence-corrected chi connectivity index (χ1v) is 14.5. The molecule has 3 rings (SSSR count). The molecule has 2 N–H and O–H groups in total. The van der Waals surface area contributed by atoms with Crippen molar-refractivity contribution in [2.45, 2.75) is 25.9 Å². The minimum atomic E-state index is -1.71. The maximum absolute atomic E-state index is 13.0. The molecule has 2 amide bonds. The van der Waals surface area contributed by atoms with Crippen molar-refractivity contribution in [2.24, 2.45) is 20.5 Å². The number of hydrogen-bond donors (Lipinski definition) is 2. The lowest BCUT2D eigenvalue weighted by Crippen LogP contribution is -2.32. The van der Waals surface area contributed by atoms with Crippen molar-refractivity contribution in [3.05, 3.63) is 82.9 Å². The summed E-state index contributed by atoms with van der Waals surface area (Å²) in [5.74, 6) is -7.28. The Balaban J connectivity index is 1.77. The number of methoxy groups -OCH3 is 3. The van der Waals surface area contributed by atoms with Crippen LogP contribution in [0.3, 0.4) is 0 Å². The number of rotatable bonds is 14. The molecule has 18 heteroatoms. The van der Waals surface area contributed by atoms with E-state index < -0.39 is 59.3 Å². The monoisotopic (exact) mass is 701 g/mol. The van der Waals surface area contributed by atoms with Crippen LogP contribution in [0.15, 0.2) is 81.1 Å². The molecule has 3 aromatic rings. The number of anilines is 2. The third kappa shape index (κ3) is 10.0. The number of esters is 3. The van der Waals surface area contributed by atoms with Crippen molar-refractivity contribution in [1.82, 2.24) is 0 Å². The number of hydrogen-bond acceptors (Lipinski definition) is 16. The van der Waals surface area contributed by atoms with Crippen molar-refractivity contribution in [1.29, 1.82) is 0 Å². The summed E-state index contributed by atoms with van der Waals surface area (Å²) in [6.07, 6.45) is 0. The Bertz CT molecular complexity index is 1960. The number of benzene rings is 3. The van der Waals surface area contributed by atoms with Crippen LogP contribution in [0.25, 0.3) is 0 Å². The van der Waals surface area contributed by atoms with Crippen molar-refractivity contribution in [2.75, 3.05) is 32.0 Å². The molecular formula is C33H29N6O12-. The van der Waals surface area contributed by atoms with Crippen LogP contribution in [0.2, 0.25) is 0 Å². The summed E-state index contributed by atoms with van der Waals surface area (Å²) in [4.78, 5) is 98.0. The van der Waals surface area contributed by atoms with E-state index >= 15 is 0 Å². The zero-order chi connectivity index (χ0) is 37.8. The Morgan fingerprint density at radius 1 is 0.569 bits per heavy atom. The van der Waals surface area contributed by atoms with E-state index in [0.717, 1.165) is 53.4 Å². The maximum atomic E-state index is 13.0. The summed E-state index contributed by atoms with van der Waals surface area (Å²) in [5, 5.41) is 31.4. The molecule has 0 aliphatic heterocycles. The fourth-order valence-electron chi connectivity index (χ4n) is 4.10. The molecule has 18 nitrogen and oxygen atoms in total. The number of Topliss-reactive ketones (excluding diaryl/α,β-unsaturated/α-hetero) is 2. The topological polar surface area (TPSA) is 261 Å². The fraction of sp³-hybridized carbons (Fsp3) is 0.212. The number of aromatic carboxylic acids is 1. The molecule has 0 fully saturated rings. The van der Waals surface area contributed by atoms with Crippen LogP contribution >= 0.6 is 0 Å². The number of nitrogens with zero attached hydrogens (tertiary/aromatic N) is 4. The number of nitrogens with one attached hydrogen (secondary N) is 2. The van der Waals surface area contributed by atoms with E-state index in [1.165, 1.54) is 42.5 Å². The number of carboxylic acid groups (broad SMARTS) is 1. The smallest absolute Gasteiger partial charge is 0.340 e. The van der Waals surface area contributed by atoms with Crippen LogP contribution < -0.4 is 15.7 Å².